The Kier molecular flexibility index (Phi) is 7.78. The van der Waals surface area contributed by atoms with Gasteiger partial charge < -0.3 is 14.2 Å². The van der Waals surface area contributed by atoms with E-state index >= 15 is 0 Å². The van der Waals surface area contributed by atoms with Crippen LogP contribution in [-0.2, 0) is 9.47 Å². The molecule has 1 aliphatic heterocycles. The van der Waals surface area contributed by atoms with Crippen molar-refractivity contribution in [3.8, 4) is 5.75 Å². The van der Waals surface area contributed by atoms with E-state index in [1.807, 2.05) is 0 Å². The molecule has 1 aromatic rings. The molecule has 1 aliphatic carbocycles. The number of ether oxygens (including phenoxy) is 3. The first-order valence-corrected chi connectivity index (χ1v) is 11.3. The van der Waals surface area contributed by atoms with Gasteiger partial charge in [-0.1, -0.05) is 32.3 Å². The summed E-state index contributed by atoms with van der Waals surface area (Å²) in [6, 6.07) is 6.82. The van der Waals surface area contributed by atoms with Crippen molar-refractivity contribution in [3.05, 3.63) is 29.3 Å². The summed E-state index contributed by atoms with van der Waals surface area (Å²) in [7, 11) is 1.73. The van der Waals surface area contributed by atoms with E-state index in [1.165, 1.54) is 43.2 Å². The number of aryl methyl sites for hydroxylation is 1. The zero-order chi connectivity index (χ0) is 20.0. The van der Waals surface area contributed by atoms with Crippen molar-refractivity contribution >= 4 is 0 Å². The van der Waals surface area contributed by atoms with E-state index in [4.69, 9.17) is 14.2 Å². The normalized spacial score (nSPS) is 21.2. The van der Waals surface area contributed by atoms with E-state index in [9.17, 15) is 0 Å². The SMILES string of the molecule is CCN(CCCC1(C2CCCCC2)OCCO1)C(C)c1ccc(OC)cc1C. The van der Waals surface area contributed by atoms with Crippen LogP contribution in [0.2, 0.25) is 0 Å². The lowest BCUT2D eigenvalue weighted by Crippen LogP contribution is -2.41. The maximum Gasteiger partial charge on any atom is 0.171 e. The Labute approximate surface area is 171 Å². The molecule has 1 atom stereocenters. The maximum atomic E-state index is 6.23. The fourth-order valence-corrected chi connectivity index (χ4v) is 5.19. The number of hydrogen-bond acceptors (Lipinski definition) is 4. The Bertz CT molecular complexity index is 606. The van der Waals surface area contributed by atoms with Gasteiger partial charge in [-0.3, -0.25) is 4.90 Å². The van der Waals surface area contributed by atoms with E-state index < -0.39 is 0 Å². The van der Waals surface area contributed by atoms with Gasteiger partial charge in [0, 0.05) is 18.4 Å². The highest BCUT2D eigenvalue weighted by Crippen LogP contribution is 2.41. The summed E-state index contributed by atoms with van der Waals surface area (Å²) in [4.78, 5) is 2.57. The predicted octanol–water partition coefficient (Wildman–Crippen LogP) is 5.49. The first kappa shape index (κ1) is 21.6. The van der Waals surface area contributed by atoms with E-state index in [-0.39, 0.29) is 5.79 Å². The fraction of sp³-hybridized carbons (Fsp3) is 0.750. The maximum absolute atomic E-state index is 6.23. The Morgan fingerprint density at radius 3 is 2.50 bits per heavy atom. The van der Waals surface area contributed by atoms with Crippen molar-refractivity contribution in [2.24, 2.45) is 5.92 Å². The van der Waals surface area contributed by atoms with Crippen LogP contribution in [0.1, 0.15) is 76.0 Å². The summed E-state index contributed by atoms with van der Waals surface area (Å²) < 4.78 is 17.8. The van der Waals surface area contributed by atoms with Gasteiger partial charge in [-0.25, -0.2) is 0 Å². The lowest BCUT2D eigenvalue weighted by atomic mass is 9.81. The third kappa shape index (κ3) is 4.90. The number of hydrogen-bond donors (Lipinski definition) is 0. The average Bonchev–Trinajstić information content (AvgIpc) is 3.21. The lowest BCUT2D eigenvalue weighted by Gasteiger charge is -2.38. The predicted molar refractivity (Wildman–Crippen MR) is 114 cm³/mol. The summed E-state index contributed by atoms with van der Waals surface area (Å²) in [5.74, 6) is 1.21. The molecule has 1 heterocycles. The molecule has 158 valence electrons. The van der Waals surface area contributed by atoms with Gasteiger partial charge in [-0.2, -0.15) is 0 Å². The summed E-state index contributed by atoms with van der Waals surface area (Å²) in [6.07, 6.45) is 8.68. The summed E-state index contributed by atoms with van der Waals surface area (Å²) >= 11 is 0. The van der Waals surface area contributed by atoms with Crippen LogP contribution in [0.3, 0.4) is 0 Å². The van der Waals surface area contributed by atoms with Gasteiger partial charge >= 0.3 is 0 Å². The van der Waals surface area contributed by atoms with Crippen molar-refractivity contribution in [1.82, 2.24) is 4.90 Å². The third-order valence-corrected chi connectivity index (χ3v) is 6.85. The molecule has 28 heavy (non-hydrogen) atoms. The molecule has 2 fully saturated rings. The molecule has 4 nitrogen and oxygen atoms in total. The molecule has 1 saturated carbocycles. The number of rotatable bonds is 9. The summed E-state index contributed by atoms with van der Waals surface area (Å²) in [5.41, 5.74) is 2.68. The Balaban J connectivity index is 1.59. The van der Waals surface area contributed by atoms with Gasteiger partial charge in [0.1, 0.15) is 5.75 Å². The largest absolute Gasteiger partial charge is 0.497 e. The minimum absolute atomic E-state index is 0.306. The number of benzene rings is 1. The van der Waals surface area contributed by atoms with Crippen LogP contribution in [0.25, 0.3) is 0 Å². The zero-order valence-corrected chi connectivity index (χ0v) is 18.3. The Morgan fingerprint density at radius 2 is 1.89 bits per heavy atom. The molecule has 3 rings (SSSR count). The lowest BCUT2D eigenvalue weighted by molar-refractivity contribution is -0.207. The minimum Gasteiger partial charge on any atom is -0.497 e. The molecule has 0 aromatic heterocycles. The van der Waals surface area contributed by atoms with Crippen LogP contribution in [0.5, 0.6) is 5.75 Å². The van der Waals surface area contributed by atoms with Crippen molar-refractivity contribution in [3.63, 3.8) is 0 Å². The first-order chi connectivity index (χ1) is 13.6. The second kappa shape index (κ2) is 10.1. The molecule has 0 radical (unpaired) electrons. The van der Waals surface area contributed by atoms with E-state index in [0.29, 0.717) is 12.0 Å². The zero-order valence-electron chi connectivity index (χ0n) is 18.3. The molecule has 1 saturated heterocycles. The second-order valence-electron chi connectivity index (χ2n) is 8.47. The van der Waals surface area contributed by atoms with Crippen molar-refractivity contribution in [2.45, 2.75) is 77.5 Å². The van der Waals surface area contributed by atoms with E-state index in [1.54, 1.807) is 7.11 Å². The highest BCUT2D eigenvalue weighted by molar-refractivity contribution is 5.36. The van der Waals surface area contributed by atoms with Crippen molar-refractivity contribution in [2.75, 3.05) is 33.4 Å². The summed E-state index contributed by atoms with van der Waals surface area (Å²) in [5, 5.41) is 0. The topological polar surface area (TPSA) is 30.9 Å². The summed E-state index contributed by atoms with van der Waals surface area (Å²) in [6.45, 7) is 10.4. The molecule has 1 aromatic carbocycles. The fourth-order valence-electron chi connectivity index (χ4n) is 5.19. The Hall–Kier alpha value is -1.10. The van der Waals surface area contributed by atoms with Crippen molar-refractivity contribution in [1.29, 1.82) is 0 Å². The van der Waals surface area contributed by atoms with Gasteiger partial charge in [0.05, 0.1) is 20.3 Å². The van der Waals surface area contributed by atoms with Gasteiger partial charge in [-0.15, -0.1) is 0 Å². The molecule has 2 aliphatic rings. The quantitative estimate of drug-likeness (QED) is 0.559. The Morgan fingerprint density at radius 1 is 1.18 bits per heavy atom. The molecule has 0 spiro atoms. The molecule has 0 bridgehead atoms. The smallest absolute Gasteiger partial charge is 0.171 e. The first-order valence-electron chi connectivity index (χ1n) is 11.3. The van der Waals surface area contributed by atoms with Crippen molar-refractivity contribution < 1.29 is 14.2 Å². The standard InChI is InChI=1S/C24H39NO3/c1-5-25(20(3)23-13-12-22(26-4)18-19(23)2)15-9-14-24(27-16-17-28-24)21-10-7-6-8-11-21/h12-13,18,20-21H,5-11,14-17H2,1-4H3. The van der Waals surface area contributed by atoms with E-state index in [0.717, 1.165) is 44.9 Å². The van der Waals surface area contributed by atoms with Gasteiger partial charge in [0.25, 0.3) is 0 Å². The van der Waals surface area contributed by atoms with Crippen LogP contribution in [-0.4, -0.2) is 44.1 Å². The molecule has 4 heteroatoms. The van der Waals surface area contributed by atoms with Gasteiger partial charge in [-0.05, 0) is 69.5 Å². The minimum atomic E-state index is -0.306. The van der Waals surface area contributed by atoms with Crippen LogP contribution in [0, 0.1) is 12.8 Å². The second-order valence-corrected chi connectivity index (χ2v) is 8.47. The average molecular weight is 390 g/mol. The molecule has 1 unspecified atom stereocenters. The van der Waals surface area contributed by atoms with Gasteiger partial charge in [0.15, 0.2) is 5.79 Å². The van der Waals surface area contributed by atoms with Gasteiger partial charge in [0.2, 0.25) is 0 Å². The van der Waals surface area contributed by atoms with Crippen LogP contribution in [0.4, 0.5) is 0 Å². The van der Waals surface area contributed by atoms with Crippen LogP contribution < -0.4 is 4.74 Å². The molecular formula is C24H39NO3. The molecule has 0 N–H and O–H groups in total. The van der Waals surface area contributed by atoms with Crippen LogP contribution >= 0.6 is 0 Å². The third-order valence-electron chi connectivity index (χ3n) is 6.85. The van der Waals surface area contributed by atoms with Crippen LogP contribution in [0.15, 0.2) is 18.2 Å². The number of nitrogens with zero attached hydrogens (tertiary/aromatic N) is 1. The highest BCUT2D eigenvalue weighted by Gasteiger charge is 2.44. The number of methoxy groups -OCH3 is 1. The monoisotopic (exact) mass is 389 g/mol. The molecule has 0 amide bonds. The van der Waals surface area contributed by atoms with E-state index in [2.05, 4.69) is 43.9 Å². The highest BCUT2D eigenvalue weighted by atomic mass is 16.7. The molecular weight excluding hydrogens is 350 g/mol.